The number of carbonyl (C=O) groups excluding carboxylic acids is 1. The zero-order chi connectivity index (χ0) is 12.9. The normalized spacial score (nSPS) is 9.88. The number of rotatable bonds is 6. The van der Waals surface area contributed by atoms with Gasteiger partial charge in [0.15, 0.2) is 5.60 Å². The van der Waals surface area contributed by atoms with E-state index in [9.17, 15) is 24.3 Å². The zero-order valence-electron chi connectivity index (χ0n) is 8.41. The third kappa shape index (κ3) is 5.92. The van der Waals surface area contributed by atoms with Gasteiger partial charge in [-0.15, -0.1) is 0 Å². The van der Waals surface area contributed by atoms with E-state index in [1.54, 1.807) is 0 Å². The van der Waals surface area contributed by atoms with Gasteiger partial charge in [0.1, 0.15) is 0 Å². The minimum absolute atomic E-state index is 0. The molecule has 10 heteroatoms. The number of carbonyl (C=O) groups is 4. The van der Waals surface area contributed by atoms with Crippen molar-refractivity contribution in [3.05, 3.63) is 0 Å². The molecule has 0 spiro atoms. The topological polar surface area (TPSA) is 161 Å². The maximum absolute atomic E-state index is 10.7. The van der Waals surface area contributed by atoms with Gasteiger partial charge in [0.25, 0.3) is 6.16 Å². The van der Waals surface area contributed by atoms with Crippen LogP contribution in [0.15, 0.2) is 0 Å². The molecule has 0 atom stereocenters. The fraction of sp³-hybridized carbons (Fsp3) is 0.429. The number of ether oxygens (including phenoxy) is 1. The summed E-state index contributed by atoms with van der Waals surface area (Å²) in [5.74, 6) is -5.45. The summed E-state index contributed by atoms with van der Waals surface area (Å²) in [6, 6.07) is 0. The molecule has 0 bridgehead atoms. The van der Waals surface area contributed by atoms with Crippen LogP contribution in [0.25, 0.3) is 0 Å². The molecule has 90 valence electrons. The number of hydrogen-bond donors (Lipinski definition) is 3. The fourth-order valence-corrected chi connectivity index (χ4v) is 0.978. The van der Waals surface area contributed by atoms with E-state index in [1.165, 1.54) is 0 Å². The van der Waals surface area contributed by atoms with E-state index in [0.717, 1.165) is 0 Å². The molecule has 0 aliphatic carbocycles. The standard InChI is InChI=1S/C7H8O9.Mg/c8-3(9)1-7(5(12)13,2-4(10)11)16-6(14)15;/h1-2H2,(H,8,9)(H,10,11)(H,12,13)(H,14,15);/q;+2/p-1. The fourth-order valence-electron chi connectivity index (χ4n) is 0.978. The second kappa shape index (κ2) is 6.91. The summed E-state index contributed by atoms with van der Waals surface area (Å²) in [6.45, 7) is 0. The molecule has 9 nitrogen and oxygen atoms in total. The minimum Gasteiger partial charge on any atom is -0.530 e. The van der Waals surface area contributed by atoms with E-state index in [0.29, 0.717) is 0 Å². The van der Waals surface area contributed by atoms with Crippen LogP contribution in [-0.2, 0) is 19.1 Å². The van der Waals surface area contributed by atoms with Gasteiger partial charge in [0, 0.05) is 0 Å². The van der Waals surface area contributed by atoms with Crippen molar-refractivity contribution in [2.24, 2.45) is 0 Å². The van der Waals surface area contributed by atoms with Gasteiger partial charge in [-0.1, -0.05) is 0 Å². The van der Waals surface area contributed by atoms with Crippen molar-refractivity contribution in [2.45, 2.75) is 18.4 Å². The third-order valence-corrected chi connectivity index (χ3v) is 1.54. The molecule has 3 N–H and O–H groups in total. The Morgan fingerprint density at radius 1 is 1.00 bits per heavy atom. The molecule has 0 aromatic carbocycles. The predicted molar refractivity (Wildman–Crippen MR) is 47.1 cm³/mol. The first-order valence-corrected chi connectivity index (χ1v) is 3.76. The number of hydrogen-bond acceptors (Lipinski definition) is 6. The molecule has 0 amide bonds. The van der Waals surface area contributed by atoms with Crippen LogP contribution in [0.3, 0.4) is 0 Å². The van der Waals surface area contributed by atoms with Crippen LogP contribution in [0.2, 0.25) is 0 Å². The van der Waals surface area contributed by atoms with Gasteiger partial charge in [-0.3, -0.25) is 9.59 Å². The van der Waals surface area contributed by atoms with Crippen molar-refractivity contribution >= 4 is 47.1 Å². The van der Waals surface area contributed by atoms with Crippen LogP contribution in [0.4, 0.5) is 4.79 Å². The van der Waals surface area contributed by atoms with Gasteiger partial charge in [-0.25, -0.2) is 4.79 Å². The molecule has 0 saturated heterocycles. The molecule has 0 saturated carbocycles. The Balaban J connectivity index is 0. The molecule has 0 unspecified atom stereocenters. The summed E-state index contributed by atoms with van der Waals surface area (Å²) in [7, 11) is 0. The van der Waals surface area contributed by atoms with Crippen LogP contribution >= 0.6 is 0 Å². The average Bonchev–Trinajstić information content (AvgIpc) is 1.98. The van der Waals surface area contributed by atoms with E-state index in [4.69, 9.17) is 15.3 Å². The van der Waals surface area contributed by atoms with Crippen molar-refractivity contribution < 1.29 is 44.3 Å². The molecule has 0 fully saturated rings. The molecule has 0 aromatic rings. The largest absolute Gasteiger partial charge is 2.00 e. The summed E-state index contributed by atoms with van der Waals surface area (Å²) in [5, 5.41) is 35.5. The van der Waals surface area contributed by atoms with Crippen molar-refractivity contribution in [1.29, 1.82) is 0 Å². The first-order valence-electron chi connectivity index (χ1n) is 3.76. The van der Waals surface area contributed by atoms with Crippen LogP contribution in [0.1, 0.15) is 12.8 Å². The van der Waals surface area contributed by atoms with Crippen LogP contribution in [0, 0.1) is 0 Å². The summed E-state index contributed by atoms with van der Waals surface area (Å²) in [5.41, 5.74) is -2.88. The van der Waals surface area contributed by atoms with Gasteiger partial charge in [-0.2, -0.15) is 0 Å². The average molecular weight is 259 g/mol. The molecule has 0 aliphatic rings. The number of carboxylic acid groups (broad SMARTS) is 4. The van der Waals surface area contributed by atoms with Gasteiger partial charge in [0.2, 0.25) is 0 Å². The van der Waals surface area contributed by atoms with E-state index in [2.05, 4.69) is 4.74 Å². The Bertz CT molecular complexity index is 295. The van der Waals surface area contributed by atoms with E-state index >= 15 is 0 Å². The smallest absolute Gasteiger partial charge is 0.530 e. The molecule has 17 heavy (non-hydrogen) atoms. The van der Waals surface area contributed by atoms with Crippen LogP contribution < -0.4 is 5.11 Å². The molecule has 0 aliphatic heterocycles. The van der Waals surface area contributed by atoms with Gasteiger partial charge < -0.3 is 30.0 Å². The minimum atomic E-state index is -2.88. The summed E-state index contributed by atoms with van der Waals surface area (Å²) < 4.78 is 3.77. The Morgan fingerprint density at radius 2 is 1.35 bits per heavy atom. The molecular weight excluding hydrogens is 252 g/mol. The maximum Gasteiger partial charge on any atom is 2.00 e. The summed E-state index contributed by atoms with van der Waals surface area (Å²) in [4.78, 5) is 41.5. The van der Waals surface area contributed by atoms with Crippen LogP contribution in [-0.4, -0.2) is 68.0 Å². The number of carboxylic acids is 3. The Kier molecular flexibility index (Phi) is 7.24. The van der Waals surface area contributed by atoms with Gasteiger partial charge >= 0.3 is 41.0 Å². The number of aliphatic carboxylic acids is 3. The van der Waals surface area contributed by atoms with Crippen molar-refractivity contribution in [3.63, 3.8) is 0 Å². The van der Waals surface area contributed by atoms with E-state index in [1.807, 2.05) is 0 Å². The van der Waals surface area contributed by atoms with Crippen molar-refractivity contribution in [3.8, 4) is 0 Å². The molecule has 0 rings (SSSR count). The monoisotopic (exact) mass is 259 g/mol. The van der Waals surface area contributed by atoms with Gasteiger partial charge in [-0.05, 0) is 0 Å². The van der Waals surface area contributed by atoms with Crippen molar-refractivity contribution in [2.75, 3.05) is 0 Å². The molecule has 0 heterocycles. The second-order valence-corrected chi connectivity index (χ2v) is 2.79. The summed E-state index contributed by atoms with van der Waals surface area (Å²) in [6.07, 6.45) is -4.95. The molecular formula is C7H7MgO9+. The quantitative estimate of drug-likeness (QED) is 0.353. The predicted octanol–water partition coefficient (Wildman–Crippen LogP) is -2.26. The molecule has 0 aromatic heterocycles. The van der Waals surface area contributed by atoms with Gasteiger partial charge in [0.05, 0.1) is 12.8 Å². The first-order chi connectivity index (χ1) is 7.19. The van der Waals surface area contributed by atoms with E-state index < -0.39 is 42.5 Å². The molecule has 0 radical (unpaired) electrons. The van der Waals surface area contributed by atoms with E-state index in [-0.39, 0.29) is 23.1 Å². The Labute approximate surface area is 110 Å². The Morgan fingerprint density at radius 3 is 1.53 bits per heavy atom. The van der Waals surface area contributed by atoms with Crippen LogP contribution in [0.5, 0.6) is 0 Å². The zero-order valence-corrected chi connectivity index (χ0v) is 9.83. The SMILES string of the molecule is O=C(O)CC(CC(=O)O)(OC(=O)[O-])C(=O)O.[Mg+2]. The second-order valence-electron chi connectivity index (χ2n) is 2.79. The first kappa shape index (κ1) is 17.8. The maximum atomic E-state index is 10.7. The summed E-state index contributed by atoms with van der Waals surface area (Å²) >= 11 is 0. The Hall–Kier alpha value is -1.55. The van der Waals surface area contributed by atoms with Crippen molar-refractivity contribution in [1.82, 2.24) is 0 Å². The third-order valence-electron chi connectivity index (χ3n) is 1.54.